The fraction of sp³-hybridized carbons (Fsp3) is 0.515. The molecule has 1 fully saturated rings. The quantitative estimate of drug-likeness (QED) is 0.505. The molecular formula is C33H42N4O5S. The van der Waals surface area contributed by atoms with Crippen LogP contribution in [0.15, 0.2) is 42.0 Å². The number of anilines is 1. The minimum absolute atomic E-state index is 0.00792. The number of likely N-dealkylation sites (N-methyl/N-ethyl adjacent to an activating group) is 2. The number of carbonyl (C=O) groups excluding carboxylic acids is 2. The number of benzene rings is 2. The van der Waals surface area contributed by atoms with Crippen LogP contribution in [0, 0.1) is 5.92 Å². The third kappa shape index (κ3) is 5.66. The number of ether oxygens (including phenoxy) is 2. The lowest BCUT2D eigenvalue weighted by molar-refractivity contribution is -0.126. The summed E-state index contributed by atoms with van der Waals surface area (Å²) in [5, 5.41) is 0. The fourth-order valence-electron chi connectivity index (χ4n) is 7.33. The molecule has 3 heterocycles. The van der Waals surface area contributed by atoms with Crippen LogP contribution in [0.3, 0.4) is 0 Å². The van der Waals surface area contributed by atoms with Crippen molar-refractivity contribution in [2.24, 2.45) is 5.92 Å². The molecule has 10 heteroatoms. The number of carbonyl (C=O) groups is 2. The molecule has 230 valence electrons. The Morgan fingerprint density at radius 2 is 1.74 bits per heavy atom. The first kappa shape index (κ1) is 30.0. The van der Waals surface area contributed by atoms with Crippen molar-refractivity contribution in [1.29, 1.82) is 0 Å². The highest BCUT2D eigenvalue weighted by Gasteiger charge is 2.47. The third-order valence-electron chi connectivity index (χ3n) is 9.75. The Bertz CT molecular complexity index is 1420. The summed E-state index contributed by atoms with van der Waals surface area (Å²) in [5.74, 6) is 1.05. The zero-order valence-corrected chi connectivity index (χ0v) is 26.4. The largest absolute Gasteiger partial charge is 0.573 e. The number of fused-ring (bicyclic) bond motifs is 4. The molecule has 0 aromatic heterocycles. The van der Waals surface area contributed by atoms with Crippen molar-refractivity contribution in [2.75, 3.05) is 59.0 Å². The molecule has 1 N–H and O–H groups in total. The Morgan fingerprint density at radius 3 is 2.51 bits per heavy atom. The highest BCUT2D eigenvalue weighted by Crippen LogP contribution is 2.57. The molecule has 3 atom stereocenters. The van der Waals surface area contributed by atoms with Crippen LogP contribution >= 0.6 is 0 Å². The van der Waals surface area contributed by atoms with Gasteiger partial charge in [0.2, 0.25) is 0 Å². The molecule has 2 aromatic carbocycles. The Morgan fingerprint density at radius 1 is 1.00 bits per heavy atom. The molecular weight excluding hydrogens is 564 g/mol. The minimum atomic E-state index is -1.71. The zero-order chi connectivity index (χ0) is 30.2. The van der Waals surface area contributed by atoms with Crippen LogP contribution in [-0.2, 0) is 21.1 Å². The summed E-state index contributed by atoms with van der Waals surface area (Å²) in [6.07, 6.45) is 6.01. The third-order valence-corrected chi connectivity index (χ3v) is 10.9. The van der Waals surface area contributed by atoms with Gasteiger partial charge in [-0.25, -0.2) is 0 Å². The van der Waals surface area contributed by atoms with Crippen molar-refractivity contribution in [2.45, 2.75) is 51.0 Å². The zero-order valence-electron chi connectivity index (χ0n) is 25.6. The van der Waals surface area contributed by atoms with Crippen molar-refractivity contribution in [3.63, 3.8) is 0 Å². The van der Waals surface area contributed by atoms with Gasteiger partial charge in [-0.05, 0) is 72.2 Å². The Kier molecular flexibility index (Phi) is 8.73. The summed E-state index contributed by atoms with van der Waals surface area (Å²) in [4.78, 5) is 31.6. The number of nitrogens with zero attached hydrogens (tertiary/aromatic N) is 3. The number of methoxy groups -OCH3 is 1. The van der Waals surface area contributed by atoms with Crippen molar-refractivity contribution in [3.8, 4) is 5.75 Å². The molecule has 9 nitrogen and oxygen atoms in total. The highest BCUT2D eigenvalue weighted by atomic mass is 32.2. The first-order chi connectivity index (χ1) is 20.8. The Hall–Kier alpha value is -3.05. The number of hydrogen-bond acceptors (Lipinski definition) is 7. The van der Waals surface area contributed by atoms with E-state index in [0.29, 0.717) is 44.3 Å². The minimum Gasteiger partial charge on any atom is -0.573 e. The number of rotatable bonds is 2. The summed E-state index contributed by atoms with van der Waals surface area (Å²) in [6.45, 7) is 3.95. The maximum Gasteiger partial charge on any atom is 0.293 e. The number of nitrogens with one attached hydrogen (secondary N) is 1. The van der Waals surface area contributed by atoms with Gasteiger partial charge >= 0.3 is 0 Å². The molecule has 0 radical (unpaired) electrons. The lowest BCUT2D eigenvalue weighted by Crippen LogP contribution is -2.42. The molecule has 3 aliphatic heterocycles. The van der Waals surface area contributed by atoms with Gasteiger partial charge in [-0.3, -0.25) is 9.59 Å². The van der Waals surface area contributed by atoms with Gasteiger partial charge in [-0.15, -0.1) is 9.03 Å². The molecule has 2 amide bonds. The molecule has 4 bridgehead atoms. The van der Waals surface area contributed by atoms with Crippen molar-refractivity contribution in [3.05, 3.63) is 64.2 Å². The maximum atomic E-state index is 14.2. The Labute approximate surface area is 257 Å². The van der Waals surface area contributed by atoms with E-state index in [4.69, 9.17) is 9.47 Å². The second-order valence-corrected chi connectivity index (χ2v) is 13.5. The average molecular weight is 607 g/mol. The predicted octanol–water partition coefficient (Wildman–Crippen LogP) is 4.44. The molecule has 3 unspecified atom stereocenters. The van der Waals surface area contributed by atoms with E-state index in [1.807, 2.05) is 32.2 Å². The van der Waals surface area contributed by atoms with E-state index in [-0.39, 0.29) is 17.9 Å². The van der Waals surface area contributed by atoms with Gasteiger partial charge in [0, 0.05) is 49.9 Å². The van der Waals surface area contributed by atoms with Crippen LogP contribution in [0.5, 0.6) is 5.75 Å². The average Bonchev–Trinajstić information content (AvgIpc) is 3.28. The van der Waals surface area contributed by atoms with E-state index >= 15 is 0 Å². The predicted molar refractivity (Wildman–Crippen MR) is 168 cm³/mol. The first-order valence-corrected chi connectivity index (χ1v) is 16.4. The highest BCUT2D eigenvalue weighted by molar-refractivity contribution is 7.87. The summed E-state index contributed by atoms with van der Waals surface area (Å²) < 4.78 is 28.6. The lowest BCUT2D eigenvalue weighted by atomic mass is 9.72. The van der Waals surface area contributed by atoms with Gasteiger partial charge in [0.1, 0.15) is 5.75 Å². The van der Waals surface area contributed by atoms with Crippen molar-refractivity contribution >= 4 is 34.6 Å². The van der Waals surface area contributed by atoms with Crippen molar-refractivity contribution in [1.82, 2.24) is 13.9 Å². The molecule has 4 aliphatic rings. The molecule has 0 spiro atoms. The Balaban J connectivity index is 1.53. The van der Waals surface area contributed by atoms with Crippen LogP contribution in [0.4, 0.5) is 5.69 Å². The molecule has 0 saturated heterocycles. The van der Waals surface area contributed by atoms with Crippen molar-refractivity contribution < 1.29 is 23.6 Å². The second-order valence-electron chi connectivity index (χ2n) is 12.2. The summed E-state index contributed by atoms with van der Waals surface area (Å²) in [6, 6.07) is 12.2. The van der Waals surface area contributed by atoms with E-state index < -0.39 is 17.5 Å². The van der Waals surface area contributed by atoms with E-state index in [1.165, 1.54) is 30.4 Å². The summed E-state index contributed by atoms with van der Waals surface area (Å²) in [7, 11) is 5.18. The molecule has 1 saturated carbocycles. The van der Waals surface area contributed by atoms with E-state index in [2.05, 4.69) is 27.8 Å². The summed E-state index contributed by atoms with van der Waals surface area (Å²) >= 11 is -1.71. The van der Waals surface area contributed by atoms with Crippen LogP contribution in [0.25, 0.3) is 5.57 Å². The summed E-state index contributed by atoms with van der Waals surface area (Å²) in [5.41, 5.74) is 6.56. The van der Waals surface area contributed by atoms with E-state index in [1.54, 1.807) is 23.4 Å². The maximum absolute atomic E-state index is 14.2. The second kappa shape index (κ2) is 12.5. The normalized spacial score (nSPS) is 25.8. The van der Waals surface area contributed by atoms with E-state index in [9.17, 15) is 14.1 Å². The lowest BCUT2D eigenvalue weighted by Gasteiger charge is -2.36. The first-order valence-electron chi connectivity index (χ1n) is 15.3. The smallest absolute Gasteiger partial charge is 0.293 e. The van der Waals surface area contributed by atoms with Crippen LogP contribution in [0.1, 0.15) is 78.0 Å². The van der Waals surface area contributed by atoms with E-state index in [0.717, 1.165) is 41.0 Å². The van der Waals surface area contributed by atoms with Gasteiger partial charge < -0.3 is 23.8 Å². The molecule has 6 rings (SSSR count). The molecule has 2 aromatic rings. The van der Waals surface area contributed by atoms with Gasteiger partial charge in [0.15, 0.2) is 11.5 Å². The van der Waals surface area contributed by atoms with Gasteiger partial charge in [-0.2, -0.15) is 0 Å². The number of hydrogen-bond donors (Lipinski definition) is 1. The topological polar surface area (TPSA) is 97.4 Å². The molecule has 43 heavy (non-hydrogen) atoms. The number of allylic oxidation sites excluding steroid dienone is 1. The van der Waals surface area contributed by atoms with Crippen LogP contribution < -0.4 is 14.4 Å². The van der Waals surface area contributed by atoms with Gasteiger partial charge in [0.25, 0.3) is 11.8 Å². The monoisotopic (exact) mass is 606 g/mol. The number of amides is 2. The van der Waals surface area contributed by atoms with Crippen LogP contribution in [-0.4, -0.2) is 79.6 Å². The standard InChI is InChI=1S/C33H42N4O5S/c1-21-27-19-24(41-4)11-13-25(27)31-30(22-8-6-5-7-9-22)26-12-10-23-18-29(26)37(31)20-28(21)33(39)35(2)14-16-42-17-15-36(3)43(40)34-32(23)38/h10-13,18-19,22,30-31H,5-9,14-17,20H2,1-4H3,(H,34,38). The van der Waals surface area contributed by atoms with Gasteiger partial charge in [-0.1, -0.05) is 31.4 Å². The fourth-order valence-corrected chi connectivity index (χ4v) is 8.00. The SMILES string of the molecule is COc1ccc2c(c1)C(C)=C1CN3c4cc(ccc4C(C4CCCCC4)C23)C(=O)N[S+]([O-])N(C)CCOCCN(C)C1=O. The van der Waals surface area contributed by atoms with Crippen LogP contribution in [0.2, 0.25) is 0 Å². The molecule has 1 aliphatic carbocycles. The van der Waals surface area contributed by atoms with Gasteiger partial charge in [0.05, 0.1) is 32.9 Å².